The van der Waals surface area contributed by atoms with E-state index in [1.165, 1.54) is 0 Å². The third-order valence-electron chi connectivity index (χ3n) is 3.52. The molecule has 0 amide bonds. The van der Waals surface area contributed by atoms with Crippen LogP contribution in [0.15, 0.2) is 18.2 Å². The van der Waals surface area contributed by atoms with Crippen molar-refractivity contribution in [2.75, 3.05) is 29.9 Å². The summed E-state index contributed by atoms with van der Waals surface area (Å²) in [5.74, 6) is 0. The van der Waals surface area contributed by atoms with Gasteiger partial charge in [0, 0.05) is 24.3 Å². The van der Waals surface area contributed by atoms with E-state index in [9.17, 15) is 8.42 Å². The van der Waals surface area contributed by atoms with Gasteiger partial charge in [-0.2, -0.15) is 0 Å². The SMILES string of the molecule is CC1CC(Nc2ccc(NS(C)(=O)=O)c(Cl)c2)CN1C. The van der Waals surface area contributed by atoms with Crippen LogP contribution < -0.4 is 10.0 Å². The molecule has 7 heteroatoms. The van der Waals surface area contributed by atoms with Gasteiger partial charge >= 0.3 is 0 Å². The molecular weight excluding hydrogens is 298 g/mol. The minimum absolute atomic E-state index is 0.389. The number of hydrogen-bond donors (Lipinski definition) is 2. The number of likely N-dealkylation sites (N-methyl/N-ethyl adjacent to an activating group) is 1. The highest BCUT2D eigenvalue weighted by molar-refractivity contribution is 7.92. The van der Waals surface area contributed by atoms with Crippen molar-refractivity contribution >= 4 is 33.0 Å². The summed E-state index contributed by atoms with van der Waals surface area (Å²) in [6.45, 7) is 3.19. The summed E-state index contributed by atoms with van der Waals surface area (Å²) in [5, 5.41) is 3.82. The Kier molecular flexibility index (Phi) is 4.46. The van der Waals surface area contributed by atoms with E-state index in [4.69, 9.17) is 11.6 Å². The fourth-order valence-corrected chi connectivity index (χ4v) is 3.28. The predicted octanol–water partition coefficient (Wildman–Crippen LogP) is 2.22. The zero-order chi connectivity index (χ0) is 14.9. The Bertz CT molecular complexity index is 581. The summed E-state index contributed by atoms with van der Waals surface area (Å²) in [6.07, 6.45) is 2.18. The average Bonchev–Trinajstić information content (AvgIpc) is 2.60. The molecule has 1 aliphatic rings. The lowest BCUT2D eigenvalue weighted by atomic mass is 10.2. The third-order valence-corrected chi connectivity index (χ3v) is 4.43. The first-order valence-corrected chi connectivity index (χ1v) is 8.75. The molecule has 0 saturated carbocycles. The van der Waals surface area contributed by atoms with Gasteiger partial charge in [-0.1, -0.05) is 11.6 Å². The van der Waals surface area contributed by atoms with Crippen LogP contribution >= 0.6 is 11.6 Å². The molecule has 0 spiro atoms. The number of nitrogens with zero attached hydrogens (tertiary/aromatic N) is 1. The fraction of sp³-hybridized carbons (Fsp3) is 0.538. The second-order valence-electron chi connectivity index (χ2n) is 5.43. The summed E-state index contributed by atoms with van der Waals surface area (Å²) >= 11 is 6.10. The Morgan fingerprint density at radius 1 is 1.40 bits per heavy atom. The van der Waals surface area contributed by atoms with Crippen molar-refractivity contribution in [3.8, 4) is 0 Å². The van der Waals surface area contributed by atoms with Crippen molar-refractivity contribution in [1.29, 1.82) is 0 Å². The molecule has 5 nitrogen and oxygen atoms in total. The first-order chi connectivity index (χ1) is 9.24. The van der Waals surface area contributed by atoms with Gasteiger partial charge in [0.15, 0.2) is 0 Å². The van der Waals surface area contributed by atoms with Gasteiger partial charge in [0.05, 0.1) is 17.0 Å². The standard InChI is InChI=1S/C13H20ClN3O2S/c1-9-6-11(8-17(9)2)15-10-4-5-13(12(14)7-10)16-20(3,18)19/h4-5,7,9,11,15-16H,6,8H2,1-3H3. The lowest BCUT2D eigenvalue weighted by Crippen LogP contribution is -2.24. The number of benzene rings is 1. The van der Waals surface area contributed by atoms with E-state index >= 15 is 0 Å². The Hall–Kier alpha value is -0.980. The molecule has 1 aromatic rings. The molecule has 112 valence electrons. The minimum atomic E-state index is -3.31. The highest BCUT2D eigenvalue weighted by atomic mass is 35.5. The van der Waals surface area contributed by atoms with Crippen LogP contribution in [0.5, 0.6) is 0 Å². The first-order valence-electron chi connectivity index (χ1n) is 6.49. The quantitative estimate of drug-likeness (QED) is 0.894. The van der Waals surface area contributed by atoms with Crippen molar-refractivity contribution in [3.63, 3.8) is 0 Å². The molecule has 1 heterocycles. The van der Waals surface area contributed by atoms with Crippen LogP contribution in [0.25, 0.3) is 0 Å². The summed E-state index contributed by atoms with van der Waals surface area (Å²) in [4.78, 5) is 2.30. The van der Waals surface area contributed by atoms with Crippen LogP contribution in [0, 0.1) is 0 Å². The zero-order valence-electron chi connectivity index (χ0n) is 11.9. The van der Waals surface area contributed by atoms with Crippen LogP contribution in [-0.2, 0) is 10.0 Å². The summed E-state index contributed by atoms with van der Waals surface area (Å²) in [7, 11) is -1.20. The smallest absolute Gasteiger partial charge is 0.229 e. The van der Waals surface area contributed by atoms with Crippen LogP contribution in [0.1, 0.15) is 13.3 Å². The first kappa shape index (κ1) is 15.4. The summed E-state index contributed by atoms with van der Waals surface area (Å²) in [6, 6.07) is 6.21. The van der Waals surface area contributed by atoms with Gasteiger partial charge in [0.1, 0.15) is 0 Å². The number of anilines is 2. The third kappa shape index (κ3) is 4.01. The lowest BCUT2D eigenvalue weighted by Gasteiger charge is -2.15. The van der Waals surface area contributed by atoms with E-state index in [2.05, 4.69) is 28.9 Å². The molecule has 0 aromatic heterocycles. The number of hydrogen-bond acceptors (Lipinski definition) is 4. The van der Waals surface area contributed by atoms with Gasteiger partial charge in [-0.25, -0.2) is 8.42 Å². The van der Waals surface area contributed by atoms with E-state index in [1.807, 2.05) is 6.07 Å². The highest BCUT2D eigenvalue weighted by Crippen LogP contribution is 2.28. The Morgan fingerprint density at radius 2 is 2.10 bits per heavy atom. The number of sulfonamides is 1. The van der Waals surface area contributed by atoms with E-state index in [0.717, 1.165) is 24.9 Å². The highest BCUT2D eigenvalue weighted by Gasteiger charge is 2.25. The number of nitrogens with one attached hydrogen (secondary N) is 2. The molecule has 2 rings (SSSR count). The topological polar surface area (TPSA) is 61.4 Å². The maximum Gasteiger partial charge on any atom is 0.229 e. The van der Waals surface area contributed by atoms with Crippen molar-refractivity contribution in [2.45, 2.75) is 25.4 Å². The van der Waals surface area contributed by atoms with E-state index in [-0.39, 0.29) is 0 Å². The van der Waals surface area contributed by atoms with Crippen molar-refractivity contribution < 1.29 is 8.42 Å². The largest absolute Gasteiger partial charge is 0.381 e. The van der Waals surface area contributed by atoms with E-state index < -0.39 is 10.0 Å². The minimum Gasteiger partial charge on any atom is -0.381 e. The molecule has 2 unspecified atom stereocenters. The molecule has 2 N–H and O–H groups in total. The number of likely N-dealkylation sites (tertiary alicyclic amines) is 1. The monoisotopic (exact) mass is 317 g/mol. The van der Waals surface area contributed by atoms with Crippen molar-refractivity contribution in [3.05, 3.63) is 23.2 Å². The van der Waals surface area contributed by atoms with Crippen LogP contribution in [0.4, 0.5) is 11.4 Å². The Labute approximate surface area is 125 Å². The lowest BCUT2D eigenvalue weighted by molar-refractivity contribution is 0.330. The van der Waals surface area contributed by atoms with Crippen LogP contribution in [-0.4, -0.2) is 45.2 Å². The van der Waals surface area contributed by atoms with Gasteiger partial charge in [0.2, 0.25) is 10.0 Å². The fourth-order valence-electron chi connectivity index (χ4n) is 2.42. The Balaban J connectivity index is 2.06. The molecule has 2 atom stereocenters. The zero-order valence-corrected chi connectivity index (χ0v) is 13.4. The van der Waals surface area contributed by atoms with Gasteiger partial charge in [0.25, 0.3) is 0 Å². The van der Waals surface area contributed by atoms with E-state index in [0.29, 0.717) is 22.8 Å². The molecule has 0 aliphatic carbocycles. The number of rotatable bonds is 4. The van der Waals surface area contributed by atoms with Gasteiger partial charge < -0.3 is 10.2 Å². The second kappa shape index (κ2) is 5.79. The van der Waals surface area contributed by atoms with Crippen molar-refractivity contribution in [1.82, 2.24) is 4.90 Å². The van der Waals surface area contributed by atoms with Crippen LogP contribution in [0.2, 0.25) is 5.02 Å². The van der Waals surface area contributed by atoms with Crippen LogP contribution in [0.3, 0.4) is 0 Å². The molecule has 1 fully saturated rings. The number of halogens is 1. The summed E-state index contributed by atoms with van der Waals surface area (Å²) in [5.41, 5.74) is 1.30. The van der Waals surface area contributed by atoms with Gasteiger partial charge in [-0.15, -0.1) is 0 Å². The molecular formula is C13H20ClN3O2S. The molecule has 0 bridgehead atoms. The molecule has 20 heavy (non-hydrogen) atoms. The second-order valence-corrected chi connectivity index (χ2v) is 7.59. The average molecular weight is 318 g/mol. The maximum absolute atomic E-state index is 11.2. The molecule has 1 aromatic carbocycles. The maximum atomic E-state index is 11.2. The van der Waals surface area contributed by atoms with E-state index in [1.54, 1.807) is 12.1 Å². The normalized spacial score (nSPS) is 23.8. The molecule has 1 saturated heterocycles. The molecule has 1 aliphatic heterocycles. The van der Waals surface area contributed by atoms with Crippen molar-refractivity contribution in [2.24, 2.45) is 0 Å². The molecule has 0 radical (unpaired) electrons. The van der Waals surface area contributed by atoms with Gasteiger partial charge in [-0.05, 0) is 38.6 Å². The Morgan fingerprint density at radius 3 is 2.60 bits per heavy atom. The van der Waals surface area contributed by atoms with Gasteiger partial charge in [-0.3, -0.25) is 4.72 Å². The summed E-state index contributed by atoms with van der Waals surface area (Å²) < 4.78 is 24.8. The predicted molar refractivity (Wildman–Crippen MR) is 84.0 cm³/mol.